The van der Waals surface area contributed by atoms with Crippen LogP contribution in [0.15, 0.2) is 24.3 Å². The van der Waals surface area contributed by atoms with Crippen molar-refractivity contribution in [3.8, 4) is 5.75 Å². The lowest BCUT2D eigenvalue weighted by Crippen LogP contribution is -2.49. The van der Waals surface area contributed by atoms with Crippen molar-refractivity contribution in [2.75, 3.05) is 26.2 Å². The SMILES string of the molecule is O=C1CN(C(=O)CCCOc2ccccc2F)CCN1. The second-order valence-electron chi connectivity index (χ2n) is 4.55. The summed E-state index contributed by atoms with van der Waals surface area (Å²) in [4.78, 5) is 24.5. The number of para-hydroxylation sites is 1. The zero-order chi connectivity index (χ0) is 14.4. The number of nitrogens with one attached hydrogen (secondary N) is 1. The minimum absolute atomic E-state index is 0.0722. The Balaban J connectivity index is 1.69. The average molecular weight is 280 g/mol. The summed E-state index contributed by atoms with van der Waals surface area (Å²) in [6, 6.07) is 6.15. The Morgan fingerprint density at radius 3 is 2.95 bits per heavy atom. The van der Waals surface area contributed by atoms with E-state index in [2.05, 4.69) is 5.32 Å². The molecule has 1 aromatic rings. The maximum atomic E-state index is 13.3. The number of piperazine rings is 1. The molecule has 0 unspecified atom stereocenters. The normalized spacial score (nSPS) is 14.8. The Morgan fingerprint density at radius 1 is 1.40 bits per heavy atom. The Bertz CT molecular complexity index is 493. The Hall–Kier alpha value is -2.11. The molecule has 1 aliphatic heterocycles. The van der Waals surface area contributed by atoms with E-state index in [4.69, 9.17) is 4.74 Å². The van der Waals surface area contributed by atoms with Crippen LogP contribution < -0.4 is 10.1 Å². The van der Waals surface area contributed by atoms with Gasteiger partial charge in [0.1, 0.15) is 0 Å². The summed E-state index contributed by atoms with van der Waals surface area (Å²) < 4.78 is 18.5. The molecule has 0 saturated carbocycles. The van der Waals surface area contributed by atoms with Gasteiger partial charge in [0.25, 0.3) is 0 Å². The first-order chi connectivity index (χ1) is 9.66. The molecule has 108 valence electrons. The van der Waals surface area contributed by atoms with Crippen LogP contribution in [0.1, 0.15) is 12.8 Å². The van der Waals surface area contributed by atoms with Crippen LogP contribution in [0, 0.1) is 5.82 Å². The number of hydrogen-bond donors (Lipinski definition) is 1. The third-order valence-electron chi connectivity index (χ3n) is 3.02. The molecule has 1 heterocycles. The molecule has 0 radical (unpaired) electrons. The third kappa shape index (κ3) is 3.94. The summed E-state index contributed by atoms with van der Waals surface area (Å²) in [6.45, 7) is 1.43. The van der Waals surface area contributed by atoms with Crippen LogP contribution in [0.25, 0.3) is 0 Å². The zero-order valence-electron chi connectivity index (χ0n) is 11.1. The standard InChI is InChI=1S/C14H17FN2O3/c15-11-4-1-2-5-12(11)20-9-3-6-14(19)17-8-7-16-13(18)10-17/h1-2,4-5H,3,6-10H2,(H,16,18). The van der Waals surface area contributed by atoms with E-state index in [9.17, 15) is 14.0 Å². The van der Waals surface area contributed by atoms with Crippen molar-refractivity contribution in [3.63, 3.8) is 0 Å². The second kappa shape index (κ2) is 6.88. The Kier molecular flexibility index (Phi) is 4.92. The van der Waals surface area contributed by atoms with Crippen LogP contribution in [0.4, 0.5) is 4.39 Å². The third-order valence-corrected chi connectivity index (χ3v) is 3.02. The van der Waals surface area contributed by atoms with E-state index in [-0.39, 0.29) is 30.7 Å². The maximum absolute atomic E-state index is 13.3. The van der Waals surface area contributed by atoms with Gasteiger partial charge in [0.05, 0.1) is 13.2 Å². The van der Waals surface area contributed by atoms with E-state index in [0.29, 0.717) is 25.9 Å². The van der Waals surface area contributed by atoms with Crippen molar-refractivity contribution in [2.24, 2.45) is 0 Å². The first-order valence-electron chi connectivity index (χ1n) is 6.58. The van der Waals surface area contributed by atoms with Crippen LogP contribution >= 0.6 is 0 Å². The first kappa shape index (κ1) is 14.3. The number of halogens is 1. The summed E-state index contributed by atoms with van der Waals surface area (Å²) in [5, 5.41) is 2.66. The minimum Gasteiger partial charge on any atom is -0.491 e. The number of ether oxygens (including phenoxy) is 1. The van der Waals surface area contributed by atoms with E-state index in [1.54, 1.807) is 18.2 Å². The number of nitrogens with zero attached hydrogens (tertiary/aromatic N) is 1. The highest BCUT2D eigenvalue weighted by molar-refractivity contribution is 5.85. The summed E-state index contributed by atoms with van der Waals surface area (Å²) in [7, 11) is 0. The summed E-state index contributed by atoms with van der Waals surface area (Å²) in [6.07, 6.45) is 0.785. The topological polar surface area (TPSA) is 58.6 Å². The van der Waals surface area contributed by atoms with Gasteiger partial charge in [-0.3, -0.25) is 9.59 Å². The van der Waals surface area contributed by atoms with Crippen LogP contribution in [0.3, 0.4) is 0 Å². The molecule has 1 aliphatic rings. The number of amides is 2. The molecule has 1 aromatic carbocycles. The molecule has 2 rings (SSSR count). The molecular weight excluding hydrogens is 263 g/mol. The molecular formula is C14H17FN2O3. The smallest absolute Gasteiger partial charge is 0.239 e. The predicted octanol–water partition coefficient (Wildman–Crippen LogP) is 0.943. The molecule has 0 spiro atoms. The molecule has 2 amide bonds. The molecule has 1 fully saturated rings. The molecule has 20 heavy (non-hydrogen) atoms. The lowest BCUT2D eigenvalue weighted by Gasteiger charge is -2.26. The summed E-state index contributed by atoms with van der Waals surface area (Å²) in [5.41, 5.74) is 0. The molecule has 1 N–H and O–H groups in total. The van der Waals surface area contributed by atoms with E-state index in [1.807, 2.05) is 0 Å². The molecule has 0 atom stereocenters. The van der Waals surface area contributed by atoms with Crippen molar-refractivity contribution < 1.29 is 18.7 Å². The van der Waals surface area contributed by atoms with Gasteiger partial charge in [0.15, 0.2) is 11.6 Å². The number of carbonyl (C=O) groups is 2. The first-order valence-corrected chi connectivity index (χ1v) is 6.58. The van der Waals surface area contributed by atoms with Gasteiger partial charge in [-0.2, -0.15) is 0 Å². The number of hydrogen-bond acceptors (Lipinski definition) is 3. The lowest BCUT2D eigenvalue weighted by atomic mass is 10.2. The summed E-state index contributed by atoms with van der Waals surface area (Å²) >= 11 is 0. The van der Waals surface area contributed by atoms with Crippen molar-refractivity contribution >= 4 is 11.8 Å². The lowest BCUT2D eigenvalue weighted by molar-refractivity contribution is -0.138. The van der Waals surface area contributed by atoms with E-state index >= 15 is 0 Å². The second-order valence-corrected chi connectivity index (χ2v) is 4.55. The van der Waals surface area contributed by atoms with Crippen molar-refractivity contribution in [1.82, 2.24) is 10.2 Å². The highest BCUT2D eigenvalue weighted by Gasteiger charge is 2.20. The molecule has 6 heteroatoms. The van der Waals surface area contributed by atoms with Gasteiger partial charge in [0.2, 0.25) is 11.8 Å². The van der Waals surface area contributed by atoms with Gasteiger partial charge >= 0.3 is 0 Å². The number of benzene rings is 1. The van der Waals surface area contributed by atoms with Crippen molar-refractivity contribution in [1.29, 1.82) is 0 Å². The predicted molar refractivity (Wildman–Crippen MR) is 70.7 cm³/mol. The zero-order valence-corrected chi connectivity index (χ0v) is 11.1. The molecule has 0 aliphatic carbocycles. The molecule has 0 aromatic heterocycles. The van der Waals surface area contributed by atoms with Gasteiger partial charge in [-0.05, 0) is 18.6 Å². The molecule has 1 saturated heterocycles. The fraction of sp³-hybridized carbons (Fsp3) is 0.429. The van der Waals surface area contributed by atoms with Crippen molar-refractivity contribution in [2.45, 2.75) is 12.8 Å². The van der Waals surface area contributed by atoms with Crippen LogP contribution in [-0.4, -0.2) is 43.0 Å². The largest absolute Gasteiger partial charge is 0.491 e. The number of carbonyl (C=O) groups excluding carboxylic acids is 2. The number of rotatable bonds is 5. The van der Waals surface area contributed by atoms with Crippen LogP contribution in [-0.2, 0) is 9.59 Å². The van der Waals surface area contributed by atoms with Gasteiger partial charge in [-0.25, -0.2) is 4.39 Å². The average Bonchev–Trinajstić information content (AvgIpc) is 2.45. The Morgan fingerprint density at radius 2 is 2.20 bits per heavy atom. The van der Waals surface area contributed by atoms with Crippen LogP contribution in [0.2, 0.25) is 0 Å². The fourth-order valence-corrected chi connectivity index (χ4v) is 1.98. The highest BCUT2D eigenvalue weighted by atomic mass is 19.1. The van der Waals surface area contributed by atoms with E-state index < -0.39 is 5.82 Å². The van der Waals surface area contributed by atoms with Gasteiger partial charge in [-0.1, -0.05) is 12.1 Å². The van der Waals surface area contributed by atoms with Gasteiger partial charge < -0.3 is 15.0 Å². The maximum Gasteiger partial charge on any atom is 0.239 e. The van der Waals surface area contributed by atoms with E-state index in [0.717, 1.165) is 0 Å². The molecule has 5 nitrogen and oxygen atoms in total. The van der Waals surface area contributed by atoms with Crippen LogP contribution in [0.5, 0.6) is 5.75 Å². The Labute approximate surface area is 116 Å². The van der Waals surface area contributed by atoms with E-state index in [1.165, 1.54) is 11.0 Å². The van der Waals surface area contributed by atoms with Gasteiger partial charge in [-0.15, -0.1) is 0 Å². The fourth-order valence-electron chi connectivity index (χ4n) is 1.98. The molecule has 0 bridgehead atoms. The quantitative estimate of drug-likeness (QED) is 0.817. The monoisotopic (exact) mass is 280 g/mol. The van der Waals surface area contributed by atoms with Crippen molar-refractivity contribution in [3.05, 3.63) is 30.1 Å². The minimum atomic E-state index is -0.411. The van der Waals surface area contributed by atoms with Gasteiger partial charge in [0, 0.05) is 19.5 Å². The summed E-state index contributed by atoms with van der Waals surface area (Å²) in [5.74, 6) is -0.423. The highest BCUT2D eigenvalue weighted by Crippen LogP contribution is 2.15.